The highest BCUT2D eigenvalue weighted by Crippen LogP contribution is 1.96. The first-order chi connectivity index (χ1) is 6.18. The average Bonchev–Trinajstić information content (AvgIpc) is 2.51. The molecule has 1 rings (SSSR count). The van der Waals surface area contributed by atoms with Gasteiger partial charge in [-0.3, -0.25) is 0 Å². The van der Waals surface area contributed by atoms with Gasteiger partial charge < -0.3 is 9.47 Å². The minimum absolute atomic E-state index is 0.743. The van der Waals surface area contributed by atoms with Crippen LogP contribution in [0.1, 0.15) is 13.8 Å². The topological polar surface area (TPSA) is 21.1 Å². The maximum Gasteiger partial charge on any atom is 0.0946 e. The third-order valence-corrected chi connectivity index (χ3v) is 1.98. The van der Waals surface area contributed by atoms with Gasteiger partial charge in [0.25, 0.3) is 0 Å². The molecule has 1 aromatic heterocycles. The van der Waals surface area contributed by atoms with Gasteiger partial charge in [-0.05, 0) is 13.0 Å². The van der Waals surface area contributed by atoms with Crippen LogP contribution >= 0.6 is 0 Å². The summed E-state index contributed by atoms with van der Waals surface area (Å²) in [6, 6.07) is 0. The zero-order chi connectivity index (χ0) is 9.68. The summed E-state index contributed by atoms with van der Waals surface area (Å²) >= 11 is 0. The van der Waals surface area contributed by atoms with Gasteiger partial charge in [-0.1, -0.05) is 13.8 Å². The van der Waals surface area contributed by atoms with Crippen LogP contribution in [0.15, 0.2) is 18.7 Å². The summed E-state index contributed by atoms with van der Waals surface area (Å²) < 4.78 is 2.11. The molecule has 0 aromatic carbocycles. The lowest BCUT2D eigenvalue weighted by Gasteiger charge is -2.18. The fourth-order valence-electron chi connectivity index (χ4n) is 1.42. The molecule has 0 bridgehead atoms. The monoisotopic (exact) mass is 181 g/mol. The largest absolute Gasteiger partial charge is 0.336 e. The molecule has 0 unspecified atom stereocenters. The van der Waals surface area contributed by atoms with E-state index in [9.17, 15) is 0 Å². The molecule has 0 aliphatic carbocycles. The van der Waals surface area contributed by atoms with Crippen LogP contribution in [0.2, 0.25) is 0 Å². The van der Waals surface area contributed by atoms with Crippen molar-refractivity contribution in [1.82, 2.24) is 14.5 Å². The Morgan fingerprint density at radius 3 is 2.77 bits per heavy atom. The maximum absolute atomic E-state index is 4.01. The Balaban J connectivity index is 2.19. The van der Waals surface area contributed by atoms with Crippen molar-refractivity contribution in [3.05, 3.63) is 18.7 Å². The van der Waals surface area contributed by atoms with Crippen molar-refractivity contribution in [3.8, 4) is 0 Å². The van der Waals surface area contributed by atoms with Gasteiger partial charge in [0.1, 0.15) is 0 Å². The van der Waals surface area contributed by atoms with Crippen LogP contribution in [0.3, 0.4) is 0 Å². The molecule has 1 aromatic rings. The van der Waals surface area contributed by atoms with Crippen LogP contribution < -0.4 is 0 Å². The minimum Gasteiger partial charge on any atom is -0.336 e. The van der Waals surface area contributed by atoms with Crippen LogP contribution in [-0.4, -0.2) is 34.6 Å². The Hall–Kier alpha value is -0.830. The van der Waals surface area contributed by atoms with E-state index >= 15 is 0 Å². The third kappa shape index (κ3) is 4.08. The molecule has 0 fully saturated rings. The van der Waals surface area contributed by atoms with Gasteiger partial charge >= 0.3 is 0 Å². The summed E-state index contributed by atoms with van der Waals surface area (Å²) in [6.07, 6.45) is 5.69. The number of hydrogen-bond donors (Lipinski definition) is 0. The summed E-state index contributed by atoms with van der Waals surface area (Å²) in [5.41, 5.74) is 0. The highest BCUT2D eigenvalue weighted by atomic mass is 15.1. The summed E-state index contributed by atoms with van der Waals surface area (Å²) in [5.74, 6) is 0.743. The van der Waals surface area contributed by atoms with Crippen molar-refractivity contribution in [2.45, 2.75) is 20.4 Å². The van der Waals surface area contributed by atoms with Crippen LogP contribution in [0.25, 0.3) is 0 Å². The maximum atomic E-state index is 4.01. The van der Waals surface area contributed by atoms with Gasteiger partial charge in [0.15, 0.2) is 0 Å². The predicted octanol–water partition coefficient (Wildman–Crippen LogP) is 1.47. The minimum atomic E-state index is 0.743. The summed E-state index contributed by atoms with van der Waals surface area (Å²) in [7, 11) is 2.16. The van der Waals surface area contributed by atoms with Crippen LogP contribution in [-0.2, 0) is 6.54 Å². The Kier molecular flexibility index (Phi) is 3.96. The molecule has 0 aliphatic heterocycles. The van der Waals surface area contributed by atoms with Gasteiger partial charge in [0, 0.05) is 32.0 Å². The lowest BCUT2D eigenvalue weighted by Crippen LogP contribution is -2.26. The first-order valence-corrected chi connectivity index (χ1v) is 4.82. The number of hydrogen-bond acceptors (Lipinski definition) is 2. The van der Waals surface area contributed by atoms with E-state index in [-0.39, 0.29) is 0 Å². The molecule has 3 heteroatoms. The highest BCUT2D eigenvalue weighted by molar-refractivity contribution is 4.74. The number of likely N-dealkylation sites (N-methyl/N-ethyl adjacent to an activating group) is 1. The van der Waals surface area contributed by atoms with Gasteiger partial charge in [-0.25, -0.2) is 4.98 Å². The second-order valence-electron chi connectivity index (χ2n) is 3.96. The predicted molar refractivity (Wildman–Crippen MR) is 54.6 cm³/mol. The van der Waals surface area contributed by atoms with Crippen LogP contribution in [0.4, 0.5) is 0 Å². The second-order valence-corrected chi connectivity index (χ2v) is 3.96. The van der Waals surface area contributed by atoms with E-state index in [0.717, 1.165) is 25.6 Å². The number of rotatable bonds is 5. The van der Waals surface area contributed by atoms with E-state index in [4.69, 9.17) is 0 Å². The van der Waals surface area contributed by atoms with E-state index in [2.05, 4.69) is 35.3 Å². The molecule has 0 amide bonds. The fraction of sp³-hybridized carbons (Fsp3) is 0.700. The van der Waals surface area contributed by atoms with Gasteiger partial charge in [-0.15, -0.1) is 0 Å². The Labute approximate surface area is 80.4 Å². The molecule has 0 radical (unpaired) electrons. The smallest absolute Gasteiger partial charge is 0.0946 e. The highest BCUT2D eigenvalue weighted by Gasteiger charge is 2.00. The van der Waals surface area contributed by atoms with Gasteiger partial charge in [0.2, 0.25) is 0 Å². The summed E-state index contributed by atoms with van der Waals surface area (Å²) in [4.78, 5) is 6.36. The van der Waals surface area contributed by atoms with Crippen molar-refractivity contribution in [3.63, 3.8) is 0 Å². The summed E-state index contributed by atoms with van der Waals surface area (Å²) in [5, 5.41) is 0. The Morgan fingerprint density at radius 2 is 2.23 bits per heavy atom. The lowest BCUT2D eigenvalue weighted by molar-refractivity contribution is 0.284. The first-order valence-electron chi connectivity index (χ1n) is 4.82. The molecule has 3 nitrogen and oxygen atoms in total. The molecule has 74 valence electrons. The Morgan fingerprint density at radius 1 is 1.46 bits per heavy atom. The number of nitrogens with zero attached hydrogens (tertiary/aromatic N) is 3. The first kappa shape index (κ1) is 10.3. The lowest BCUT2D eigenvalue weighted by atomic mass is 10.2. The molecular formula is C10H19N3. The molecule has 0 aliphatic rings. The fourth-order valence-corrected chi connectivity index (χ4v) is 1.42. The number of imidazole rings is 1. The molecule has 0 N–H and O–H groups in total. The molecule has 1 heterocycles. The summed E-state index contributed by atoms with van der Waals surface area (Å²) in [6.45, 7) is 7.77. The normalized spacial score (nSPS) is 11.5. The van der Waals surface area contributed by atoms with E-state index in [1.165, 1.54) is 0 Å². The van der Waals surface area contributed by atoms with Crippen molar-refractivity contribution in [2.75, 3.05) is 20.1 Å². The van der Waals surface area contributed by atoms with Crippen molar-refractivity contribution >= 4 is 0 Å². The average molecular weight is 181 g/mol. The van der Waals surface area contributed by atoms with Crippen molar-refractivity contribution in [1.29, 1.82) is 0 Å². The second kappa shape index (κ2) is 5.02. The number of aromatic nitrogens is 2. The molecule has 0 spiro atoms. The molecule has 0 saturated carbocycles. The van der Waals surface area contributed by atoms with Crippen LogP contribution in [0.5, 0.6) is 0 Å². The SMILES string of the molecule is CC(C)CN(C)CCn1ccnc1. The zero-order valence-electron chi connectivity index (χ0n) is 8.77. The van der Waals surface area contributed by atoms with Gasteiger partial charge in [-0.2, -0.15) is 0 Å². The van der Waals surface area contributed by atoms with Gasteiger partial charge in [0.05, 0.1) is 6.33 Å². The van der Waals surface area contributed by atoms with E-state index < -0.39 is 0 Å². The van der Waals surface area contributed by atoms with E-state index in [1.807, 2.05) is 18.7 Å². The Bertz CT molecular complexity index is 216. The van der Waals surface area contributed by atoms with Crippen molar-refractivity contribution in [2.24, 2.45) is 5.92 Å². The molecule has 0 atom stereocenters. The van der Waals surface area contributed by atoms with Crippen LogP contribution in [0, 0.1) is 5.92 Å². The molecular weight excluding hydrogens is 162 g/mol. The quantitative estimate of drug-likeness (QED) is 0.686. The van der Waals surface area contributed by atoms with Crippen molar-refractivity contribution < 1.29 is 0 Å². The zero-order valence-corrected chi connectivity index (χ0v) is 8.77. The van der Waals surface area contributed by atoms with E-state index in [1.54, 1.807) is 0 Å². The third-order valence-electron chi connectivity index (χ3n) is 1.98. The van der Waals surface area contributed by atoms with E-state index in [0.29, 0.717) is 0 Å². The standard InChI is InChI=1S/C10H19N3/c1-10(2)8-12(3)6-7-13-5-4-11-9-13/h4-5,9-10H,6-8H2,1-3H3. The molecule has 13 heavy (non-hydrogen) atoms. The molecule has 0 saturated heterocycles.